The molecule has 0 fully saturated rings. The van der Waals surface area contributed by atoms with Crippen LogP contribution in [0.2, 0.25) is 0 Å². The van der Waals surface area contributed by atoms with Gasteiger partial charge in [0, 0.05) is 12.1 Å². The Kier molecular flexibility index (Phi) is 8.51. The molecule has 0 unspecified atom stereocenters. The van der Waals surface area contributed by atoms with E-state index in [-0.39, 0.29) is 11.3 Å². The molecular weight excluding hydrogens is 586 g/mol. The zero-order valence-corrected chi connectivity index (χ0v) is 23.0. The van der Waals surface area contributed by atoms with E-state index in [4.69, 9.17) is 4.74 Å². The summed E-state index contributed by atoms with van der Waals surface area (Å²) >= 11 is 0. The van der Waals surface area contributed by atoms with Crippen molar-refractivity contribution in [3.63, 3.8) is 0 Å². The van der Waals surface area contributed by atoms with E-state index in [1.807, 2.05) is 0 Å². The Morgan fingerprint density at radius 3 is 1.87 bits per heavy atom. The maximum atomic E-state index is 14.5. The Bertz CT molecular complexity index is 1690. The normalized spacial score (nSPS) is 13.8. The predicted octanol–water partition coefficient (Wildman–Crippen LogP) is 4.78. The van der Waals surface area contributed by atoms with Gasteiger partial charge in [0.1, 0.15) is 16.5 Å². The molecule has 3 aromatic carbocycles. The van der Waals surface area contributed by atoms with Gasteiger partial charge in [0.25, 0.3) is 0 Å². The first-order valence-electron chi connectivity index (χ1n) is 11.1. The monoisotopic (exact) mass is 609 g/mol. The third-order valence-electron chi connectivity index (χ3n) is 5.32. The van der Waals surface area contributed by atoms with E-state index in [0.29, 0.717) is 0 Å². The van der Waals surface area contributed by atoms with Crippen LogP contribution in [0.25, 0.3) is 0 Å². The first-order chi connectivity index (χ1) is 17.9. The van der Waals surface area contributed by atoms with Crippen LogP contribution in [-0.4, -0.2) is 36.9 Å². The Labute approximate surface area is 223 Å². The molecule has 39 heavy (non-hydrogen) atoms. The molecule has 0 aliphatic carbocycles. The van der Waals surface area contributed by atoms with Crippen molar-refractivity contribution in [2.75, 3.05) is 0 Å². The van der Waals surface area contributed by atoms with Crippen molar-refractivity contribution in [1.29, 1.82) is 0 Å². The lowest BCUT2D eigenvalue weighted by atomic mass is 10.1. The minimum atomic E-state index is -5.67. The molecule has 1 N–H and O–H groups in total. The van der Waals surface area contributed by atoms with E-state index in [0.717, 1.165) is 55.5 Å². The van der Waals surface area contributed by atoms with Gasteiger partial charge in [-0.2, -0.15) is 13.2 Å². The first-order valence-corrected chi connectivity index (χ1v) is 15.6. The van der Waals surface area contributed by atoms with Crippen LogP contribution in [0, 0.1) is 5.82 Å². The molecule has 0 heterocycles. The van der Waals surface area contributed by atoms with Crippen molar-refractivity contribution in [3.05, 3.63) is 78.1 Å². The molecule has 3 rings (SSSR count). The zero-order chi connectivity index (χ0) is 29.4. The van der Waals surface area contributed by atoms with E-state index < -0.39 is 72.8 Å². The molecule has 0 amide bonds. The third-order valence-corrected chi connectivity index (χ3v) is 10.4. The van der Waals surface area contributed by atoms with Crippen LogP contribution in [0.5, 0.6) is 5.75 Å². The number of benzene rings is 3. The predicted molar refractivity (Wildman–Crippen MR) is 132 cm³/mol. The van der Waals surface area contributed by atoms with Gasteiger partial charge in [-0.15, -0.1) is 0 Å². The van der Waals surface area contributed by atoms with Crippen molar-refractivity contribution in [1.82, 2.24) is 4.72 Å². The summed E-state index contributed by atoms with van der Waals surface area (Å²) in [5.74, 6) is -1.09. The lowest BCUT2D eigenvalue weighted by Crippen LogP contribution is -2.37. The average molecular weight is 610 g/mol. The van der Waals surface area contributed by atoms with Crippen molar-refractivity contribution < 1.29 is 47.6 Å². The fourth-order valence-corrected chi connectivity index (χ4v) is 7.61. The summed E-state index contributed by atoms with van der Waals surface area (Å²) in [5.41, 5.74) is -5.54. The van der Waals surface area contributed by atoms with Gasteiger partial charge >= 0.3 is 15.5 Å². The number of sulfone groups is 2. The highest BCUT2D eigenvalue weighted by Crippen LogP contribution is 2.35. The number of alkyl halides is 3. The van der Waals surface area contributed by atoms with E-state index in [9.17, 15) is 42.8 Å². The van der Waals surface area contributed by atoms with Crippen molar-refractivity contribution in [2.45, 2.75) is 58.0 Å². The molecule has 8 nitrogen and oxygen atoms in total. The molecule has 212 valence electrons. The Morgan fingerprint density at radius 2 is 1.33 bits per heavy atom. The maximum absolute atomic E-state index is 14.5. The van der Waals surface area contributed by atoms with Crippen LogP contribution >= 0.6 is 0 Å². The van der Waals surface area contributed by atoms with E-state index >= 15 is 0 Å². The molecule has 15 heteroatoms. The smallest absolute Gasteiger partial charge is 0.491 e. The average Bonchev–Trinajstić information content (AvgIpc) is 2.82. The number of rotatable bonds is 9. The second-order valence-electron chi connectivity index (χ2n) is 8.57. The Balaban J connectivity index is 2.10. The van der Waals surface area contributed by atoms with Crippen molar-refractivity contribution in [3.8, 4) is 5.75 Å². The van der Waals surface area contributed by atoms with Crippen molar-refractivity contribution in [2.24, 2.45) is 0 Å². The molecule has 0 bridgehead atoms. The largest absolute Gasteiger partial charge is 0.511 e. The van der Waals surface area contributed by atoms with Crippen LogP contribution in [0.1, 0.15) is 32.4 Å². The quantitative estimate of drug-likeness (QED) is 0.347. The highest BCUT2D eigenvalue weighted by molar-refractivity contribution is 7.94. The lowest BCUT2D eigenvalue weighted by molar-refractivity contribution is -0.0450. The summed E-state index contributed by atoms with van der Waals surface area (Å²) in [4.78, 5) is -2.65. The van der Waals surface area contributed by atoms with E-state index in [1.165, 1.54) is 22.9 Å². The number of hydrogen-bond donors (Lipinski definition) is 1. The molecule has 0 aliphatic rings. The second-order valence-corrected chi connectivity index (χ2v) is 14.1. The summed E-state index contributed by atoms with van der Waals surface area (Å²) in [6, 6.07) is 10.4. The van der Waals surface area contributed by atoms with Gasteiger partial charge in [-0.1, -0.05) is 24.3 Å². The van der Waals surface area contributed by atoms with E-state index in [2.05, 4.69) is 0 Å². The summed E-state index contributed by atoms with van der Waals surface area (Å²) in [6.07, 6.45) is -0.402. The second kappa shape index (κ2) is 10.9. The van der Waals surface area contributed by atoms with Crippen LogP contribution in [0.3, 0.4) is 0 Å². The molecule has 0 spiro atoms. The number of nitrogens with one attached hydrogen (secondary N) is 1. The fourth-order valence-electron chi connectivity index (χ4n) is 3.48. The van der Waals surface area contributed by atoms with Crippen LogP contribution < -0.4 is 9.46 Å². The first kappa shape index (κ1) is 30.5. The summed E-state index contributed by atoms with van der Waals surface area (Å²) < 4.78 is 136. The van der Waals surface area contributed by atoms with Gasteiger partial charge in [0.2, 0.25) is 19.7 Å². The molecule has 0 saturated carbocycles. The standard InChI is InChI=1S/C24H23F4NO7S3/c1-15(2)36-18-10-13-22(23(14-18)38(32,33)21-7-5-4-6-20(21)25)37(30,31)19-11-8-17(9-12-19)16(3)29-39(34,35)24(26,27)28/h4-16,29H,1-3H3/t16-/m0/s1. The van der Waals surface area contributed by atoms with Gasteiger partial charge in [0.05, 0.1) is 20.8 Å². The molecule has 3 aromatic rings. The van der Waals surface area contributed by atoms with Gasteiger partial charge in [-0.05, 0) is 62.7 Å². The molecule has 0 saturated heterocycles. The Morgan fingerprint density at radius 1 is 0.744 bits per heavy atom. The molecule has 1 atom stereocenters. The SMILES string of the molecule is CC(C)Oc1ccc(S(=O)(=O)c2ccc([C@H](C)NS(=O)(=O)C(F)(F)F)cc2)c(S(=O)(=O)c2ccccc2F)c1. The minimum absolute atomic E-state index is 0.00154. The highest BCUT2D eigenvalue weighted by atomic mass is 32.2. The van der Waals surface area contributed by atoms with Crippen LogP contribution in [-0.2, 0) is 29.7 Å². The van der Waals surface area contributed by atoms with Gasteiger partial charge in [0.15, 0.2) is 0 Å². The number of sulfonamides is 1. The zero-order valence-electron chi connectivity index (χ0n) is 20.6. The maximum Gasteiger partial charge on any atom is 0.511 e. The summed E-state index contributed by atoms with van der Waals surface area (Å²) in [5, 5.41) is 0. The number of ether oxygens (including phenoxy) is 1. The summed E-state index contributed by atoms with van der Waals surface area (Å²) in [6.45, 7) is 4.44. The highest BCUT2D eigenvalue weighted by Gasteiger charge is 2.46. The number of halogens is 4. The number of hydrogen-bond acceptors (Lipinski definition) is 7. The third kappa shape index (κ3) is 6.42. The molecule has 0 aliphatic heterocycles. The molecule has 0 aromatic heterocycles. The molecule has 0 radical (unpaired) electrons. The Hall–Kier alpha value is -3.01. The van der Waals surface area contributed by atoms with Gasteiger partial charge in [-0.3, -0.25) is 0 Å². The van der Waals surface area contributed by atoms with Gasteiger partial charge in [-0.25, -0.2) is 34.4 Å². The minimum Gasteiger partial charge on any atom is -0.491 e. The van der Waals surface area contributed by atoms with E-state index in [1.54, 1.807) is 13.8 Å². The van der Waals surface area contributed by atoms with Crippen LogP contribution in [0.4, 0.5) is 17.6 Å². The van der Waals surface area contributed by atoms with Crippen molar-refractivity contribution >= 4 is 29.7 Å². The van der Waals surface area contributed by atoms with Gasteiger partial charge < -0.3 is 4.74 Å². The van der Waals surface area contributed by atoms with Crippen LogP contribution in [0.15, 0.2) is 86.3 Å². The fraction of sp³-hybridized carbons (Fsp3) is 0.250. The lowest BCUT2D eigenvalue weighted by Gasteiger charge is -2.17. The molecular formula is C24H23F4NO7S3. The topological polar surface area (TPSA) is 124 Å². The summed E-state index contributed by atoms with van der Waals surface area (Å²) in [7, 11) is -15.0.